The Morgan fingerprint density at radius 2 is 2.04 bits per heavy atom. The lowest BCUT2D eigenvalue weighted by Crippen LogP contribution is -2.24. The summed E-state index contributed by atoms with van der Waals surface area (Å²) in [6.45, 7) is 2.51. The van der Waals surface area contributed by atoms with Crippen molar-refractivity contribution in [1.82, 2.24) is 15.5 Å². The van der Waals surface area contributed by atoms with Gasteiger partial charge < -0.3 is 19.0 Å². The number of nitrogens with one attached hydrogen (secondary N) is 1. The second kappa shape index (κ2) is 8.66. The third-order valence-corrected chi connectivity index (χ3v) is 4.03. The molecule has 1 aromatic carbocycles. The molecule has 8 heteroatoms. The molecule has 0 saturated carbocycles. The zero-order valence-electron chi connectivity index (χ0n) is 14.2. The fraction of sp³-hybridized carbons (Fsp3) is 0.278. The molecule has 2 heterocycles. The van der Waals surface area contributed by atoms with E-state index in [0.29, 0.717) is 36.9 Å². The van der Waals surface area contributed by atoms with Crippen molar-refractivity contribution in [3.8, 4) is 5.75 Å². The number of hydrogen-bond acceptors (Lipinski definition) is 6. The van der Waals surface area contributed by atoms with E-state index in [2.05, 4.69) is 31.4 Å². The molecule has 7 nitrogen and oxygen atoms in total. The van der Waals surface area contributed by atoms with Crippen molar-refractivity contribution in [1.29, 1.82) is 0 Å². The molecule has 0 bridgehead atoms. The number of nitrogens with zero attached hydrogens (tertiary/aromatic N) is 2. The quantitative estimate of drug-likeness (QED) is 0.560. The maximum absolute atomic E-state index is 12.1. The van der Waals surface area contributed by atoms with E-state index < -0.39 is 0 Å². The Morgan fingerprint density at radius 1 is 1.23 bits per heavy atom. The van der Waals surface area contributed by atoms with Crippen molar-refractivity contribution in [3.05, 3.63) is 64.1 Å². The molecule has 3 rings (SSSR count). The van der Waals surface area contributed by atoms with Crippen LogP contribution >= 0.6 is 15.9 Å². The van der Waals surface area contributed by atoms with Crippen molar-refractivity contribution in [2.45, 2.75) is 26.4 Å². The molecule has 0 spiro atoms. The lowest BCUT2D eigenvalue weighted by Gasteiger charge is -2.04. The molecule has 0 radical (unpaired) electrons. The summed E-state index contributed by atoms with van der Waals surface area (Å²) in [4.78, 5) is 16.2. The summed E-state index contributed by atoms with van der Waals surface area (Å²) in [5.74, 6) is 2.49. The topological polar surface area (TPSA) is 90.4 Å². The minimum atomic E-state index is -0.262. The lowest BCUT2D eigenvalue weighted by atomic mass is 10.3. The highest BCUT2D eigenvalue weighted by molar-refractivity contribution is 9.10. The maximum Gasteiger partial charge on any atom is 0.286 e. The molecule has 3 aromatic rings. The number of halogens is 1. The molecule has 0 fully saturated rings. The van der Waals surface area contributed by atoms with Crippen molar-refractivity contribution in [2.75, 3.05) is 6.54 Å². The highest BCUT2D eigenvalue weighted by Gasteiger charge is 2.11. The van der Waals surface area contributed by atoms with Crippen molar-refractivity contribution < 1.29 is 18.5 Å². The number of aryl methyl sites for hydroxylation is 2. The van der Waals surface area contributed by atoms with E-state index in [1.54, 1.807) is 19.1 Å². The predicted octanol–water partition coefficient (Wildman–Crippen LogP) is 3.68. The summed E-state index contributed by atoms with van der Waals surface area (Å²) in [5, 5.41) is 6.52. The van der Waals surface area contributed by atoms with Gasteiger partial charge in [-0.2, -0.15) is 4.98 Å². The summed E-state index contributed by atoms with van der Waals surface area (Å²) in [5.41, 5.74) is 0. The van der Waals surface area contributed by atoms with Crippen LogP contribution in [0.1, 0.15) is 34.5 Å². The number of aromatic nitrogens is 2. The highest BCUT2D eigenvalue weighted by atomic mass is 79.9. The maximum atomic E-state index is 12.1. The van der Waals surface area contributed by atoms with Gasteiger partial charge in [-0.05, 0) is 49.7 Å². The minimum absolute atomic E-state index is 0.255. The van der Waals surface area contributed by atoms with Gasteiger partial charge in [0.1, 0.15) is 18.1 Å². The van der Waals surface area contributed by atoms with Crippen LogP contribution in [0.5, 0.6) is 5.75 Å². The van der Waals surface area contributed by atoms with Crippen LogP contribution in [0.25, 0.3) is 0 Å². The molecule has 0 saturated heterocycles. The molecule has 1 N–H and O–H groups in total. The molecule has 0 aliphatic rings. The molecule has 136 valence electrons. The molecule has 0 atom stereocenters. The summed E-state index contributed by atoms with van der Waals surface area (Å²) in [7, 11) is 0. The zero-order valence-corrected chi connectivity index (χ0v) is 15.8. The van der Waals surface area contributed by atoms with E-state index >= 15 is 0 Å². The SMILES string of the molecule is Cc1noc(CCCNC(=O)c2ccc(COc3ccc(Br)cc3)o2)n1. The van der Waals surface area contributed by atoms with Gasteiger partial charge in [-0.3, -0.25) is 4.79 Å². The van der Waals surface area contributed by atoms with E-state index in [-0.39, 0.29) is 18.3 Å². The van der Waals surface area contributed by atoms with Gasteiger partial charge in [-0.25, -0.2) is 0 Å². The summed E-state index contributed by atoms with van der Waals surface area (Å²) in [6, 6.07) is 10.9. The van der Waals surface area contributed by atoms with Gasteiger partial charge in [-0.1, -0.05) is 21.1 Å². The average Bonchev–Trinajstić information content (AvgIpc) is 3.27. The Kier molecular flexibility index (Phi) is 6.06. The van der Waals surface area contributed by atoms with Crippen LogP contribution in [0.4, 0.5) is 0 Å². The normalized spacial score (nSPS) is 10.7. The van der Waals surface area contributed by atoms with Crippen molar-refractivity contribution >= 4 is 21.8 Å². The second-order valence-electron chi connectivity index (χ2n) is 5.60. The Labute approximate surface area is 158 Å². The zero-order chi connectivity index (χ0) is 18.4. The van der Waals surface area contributed by atoms with Gasteiger partial charge in [-0.15, -0.1) is 0 Å². The summed E-state index contributed by atoms with van der Waals surface area (Å²) >= 11 is 3.37. The monoisotopic (exact) mass is 419 g/mol. The molecule has 1 amide bonds. The molecule has 2 aromatic heterocycles. The van der Waals surface area contributed by atoms with E-state index in [0.717, 1.165) is 10.2 Å². The number of carbonyl (C=O) groups is 1. The fourth-order valence-corrected chi connectivity index (χ4v) is 2.50. The Balaban J connectivity index is 1.41. The minimum Gasteiger partial charge on any atom is -0.486 e. The summed E-state index contributed by atoms with van der Waals surface area (Å²) in [6.07, 6.45) is 1.32. The van der Waals surface area contributed by atoms with Crippen LogP contribution in [0, 0.1) is 6.92 Å². The number of benzene rings is 1. The van der Waals surface area contributed by atoms with Crippen LogP contribution in [0.3, 0.4) is 0 Å². The first-order valence-electron chi connectivity index (χ1n) is 8.14. The first kappa shape index (κ1) is 18.2. The lowest BCUT2D eigenvalue weighted by molar-refractivity contribution is 0.0921. The van der Waals surface area contributed by atoms with Gasteiger partial charge in [0, 0.05) is 17.4 Å². The van der Waals surface area contributed by atoms with Crippen LogP contribution < -0.4 is 10.1 Å². The molecular formula is C18H18BrN3O4. The number of hydrogen-bond donors (Lipinski definition) is 1. The van der Waals surface area contributed by atoms with Crippen molar-refractivity contribution in [2.24, 2.45) is 0 Å². The number of carbonyl (C=O) groups excluding carboxylic acids is 1. The van der Waals surface area contributed by atoms with Crippen molar-refractivity contribution in [3.63, 3.8) is 0 Å². The number of ether oxygens (including phenoxy) is 1. The van der Waals surface area contributed by atoms with Gasteiger partial charge in [0.2, 0.25) is 5.89 Å². The fourth-order valence-electron chi connectivity index (χ4n) is 2.23. The Hall–Kier alpha value is -2.61. The van der Waals surface area contributed by atoms with Crippen LogP contribution in [0.15, 0.2) is 49.8 Å². The Bertz CT molecular complexity index is 857. The van der Waals surface area contributed by atoms with Crippen LogP contribution in [0.2, 0.25) is 0 Å². The first-order chi connectivity index (χ1) is 12.6. The predicted molar refractivity (Wildman–Crippen MR) is 96.9 cm³/mol. The molecule has 0 unspecified atom stereocenters. The van der Waals surface area contributed by atoms with Crippen LogP contribution in [-0.2, 0) is 13.0 Å². The van der Waals surface area contributed by atoms with Crippen LogP contribution in [-0.4, -0.2) is 22.6 Å². The smallest absolute Gasteiger partial charge is 0.286 e. The highest BCUT2D eigenvalue weighted by Crippen LogP contribution is 2.18. The Morgan fingerprint density at radius 3 is 2.77 bits per heavy atom. The average molecular weight is 420 g/mol. The van der Waals surface area contributed by atoms with E-state index in [4.69, 9.17) is 13.7 Å². The standard InChI is InChI=1S/C18H18BrN3O4/c1-12-21-17(26-22-12)3-2-10-20-18(23)16-9-8-15(25-16)11-24-14-6-4-13(19)5-7-14/h4-9H,2-3,10-11H2,1H3,(H,20,23). The van der Waals surface area contributed by atoms with E-state index in [1.807, 2.05) is 24.3 Å². The molecular weight excluding hydrogens is 402 g/mol. The molecule has 0 aliphatic carbocycles. The third-order valence-electron chi connectivity index (χ3n) is 3.50. The van der Waals surface area contributed by atoms with Gasteiger partial charge in [0.15, 0.2) is 11.6 Å². The number of rotatable bonds is 8. The van der Waals surface area contributed by atoms with E-state index in [9.17, 15) is 4.79 Å². The van der Waals surface area contributed by atoms with Gasteiger partial charge in [0.05, 0.1) is 0 Å². The first-order valence-corrected chi connectivity index (χ1v) is 8.94. The second-order valence-corrected chi connectivity index (χ2v) is 6.52. The van der Waals surface area contributed by atoms with Gasteiger partial charge >= 0.3 is 0 Å². The number of amides is 1. The molecule has 0 aliphatic heterocycles. The summed E-state index contributed by atoms with van der Waals surface area (Å²) < 4.78 is 17.1. The largest absolute Gasteiger partial charge is 0.486 e. The van der Waals surface area contributed by atoms with Gasteiger partial charge in [0.25, 0.3) is 5.91 Å². The third kappa shape index (κ3) is 5.19. The molecule has 26 heavy (non-hydrogen) atoms. The van der Waals surface area contributed by atoms with E-state index in [1.165, 1.54) is 0 Å². The number of furan rings is 1.